The SMILES string of the molecule is C/C(CO)=C1\C(=O)N2C(C(=O)[O-])=CC[C@H]12.[Na+]. The van der Waals surface area contributed by atoms with Gasteiger partial charge >= 0.3 is 29.6 Å². The summed E-state index contributed by atoms with van der Waals surface area (Å²) in [6.45, 7) is 1.49. The van der Waals surface area contributed by atoms with Gasteiger partial charge in [0.15, 0.2) is 0 Å². The molecule has 5 nitrogen and oxygen atoms in total. The van der Waals surface area contributed by atoms with Gasteiger partial charge in [0.2, 0.25) is 0 Å². The van der Waals surface area contributed by atoms with Crippen molar-refractivity contribution in [2.24, 2.45) is 0 Å². The number of hydrogen-bond donors (Lipinski definition) is 1. The molecule has 80 valence electrons. The number of aliphatic hydroxyl groups is 1. The molecule has 16 heavy (non-hydrogen) atoms. The van der Waals surface area contributed by atoms with Crippen LogP contribution in [0.4, 0.5) is 0 Å². The van der Waals surface area contributed by atoms with Crippen LogP contribution < -0.4 is 34.7 Å². The first kappa shape index (κ1) is 13.4. The Bertz CT molecular complexity index is 413. The van der Waals surface area contributed by atoms with Crippen LogP contribution in [0.15, 0.2) is 22.9 Å². The molecule has 0 radical (unpaired) electrons. The van der Waals surface area contributed by atoms with E-state index in [0.29, 0.717) is 17.6 Å². The Morgan fingerprint density at radius 2 is 2.31 bits per heavy atom. The zero-order valence-electron chi connectivity index (χ0n) is 9.19. The van der Waals surface area contributed by atoms with Crippen molar-refractivity contribution < 1.29 is 49.4 Å². The number of carboxylic acids is 1. The van der Waals surface area contributed by atoms with E-state index in [0.717, 1.165) is 0 Å². The van der Waals surface area contributed by atoms with Crippen molar-refractivity contribution in [2.45, 2.75) is 19.4 Å². The molecular weight excluding hydrogens is 221 g/mol. The van der Waals surface area contributed by atoms with E-state index in [2.05, 4.69) is 0 Å². The molecule has 0 aromatic rings. The molecule has 0 spiro atoms. The third-order valence-corrected chi connectivity index (χ3v) is 2.79. The monoisotopic (exact) mass is 231 g/mol. The first-order valence-electron chi connectivity index (χ1n) is 4.63. The normalized spacial score (nSPS) is 25.4. The van der Waals surface area contributed by atoms with Crippen LogP contribution in [0.25, 0.3) is 0 Å². The van der Waals surface area contributed by atoms with Crippen molar-refractivity contribution in [3.05, 3.63) is 22.9 Å². The van der Waals surface area contributed by atoms with Gasteiger partial charge in [-0.3, -0.25) is 9.69 Å². The maximum absolute atomic E-state index is 11.6. The van der Waals surface area contributed by atoms with Crippen molar-refractivity contribution in [1.29, 1.82) is 0 Å². The summed E-state index contributed by atoms with van der Waals surface area (Å²) in [4.78, 5) is 23.4. The Balaban J connectivity index is 0.00000128. The summed E-state index contributed by atoms with van der Waals surface area (Å²) in [6.07, 6.45) is 1.97. The van der Waals surface area contributed by atoms with Crippen LogP contribution in [0, 0.1) is 0 Å². The number of aliphatic carboxylic acids is 1. The second-order valence-corrected chi connectivity index (χ2v) is 3.66. The van der Waals surface area contributed by atoms with Gasteiger partial charge in [-0.25, -0.2) is 0 Å². The van der Waals surface area contributed by atoms with E-state index in [-0.39, 0.29) is 53.8 Å². The van der Waals surface area contributed by atoms with E-state index < -0.39 is 5.97 Å². The smallest absolute Gasteiger partial charge is 0.543 e. The third-order valence-electron chi connectivity index (χ3n) is 2.79. The second-order valence-electron chi connectivity index (χ2n) is 3.66. The first-order valence-corrected chi connectivity index (χ1v) is 4.63. The van der Waals surface area contributed by atoms with Gasteiger partial charge in [-0.2, -0.15) is 0 Å². The predicted molar refractivity (Wildman–Crippen MR) is 48.1 cm³/mol. The van der Waals surface area contributed by atoms with Gasteiger partial charge in [-0.1, -0.05) is 6.08 Å². The minimum absolute atomic E-state index is 0. The van der Waals surface area contributed by atoms with Crippen molar-refractivity contribution in [1.82, 2.24) is 4.90 Å². The number of amides is 1. The van der Waals surface area contributed by atoms with Crippen LogP contribution in [0.5, 0.6) is 0 Å². The molecule has 2 rings (SSSR count). The van der Waals surface area contributed by atoms with Gasteiger partial charge in [0.1, 0.15) is 0 Å². The molecule has 0 bridgehead atoms. The molecule has 1 fully saturated rings. The average molecular weight is 231 g/mol. The Morgan fingerprint density at radius 3 is 2.81 bits per heavy atom. The molecule has 0 aliphatic carbocycles. The summed E-state index contributed by atoms with van der Waals surface area (Å²) in [6, 6.07) is -0.211. The van der Waals surface area contributed by atoms with Gasteiger partial charge in [0, 0.05) is 5.57 Å². The van der Waals surface area contributed by atoms with E-state index >= 15 is 0 Å². The molecule has 0 aromatic carbocycles. The number of β-lactam (4-membered cyclic amide) rings is 1. The molecule has 2 aliphatic heterocycles. The number of carboxylic acid groups (broad SMARTS) is 1. The number of carbonyl (C=O) groups excluding carboxylic acids is 2. The second kappa shape index (κ2) is 4.71. The molecule has 0 saturated carbocycles. The van der Waals surface area contributed by atoms with Crippen molar-refractivity contribution in [2.75, 3.05) is 6.61 Å². The Hall–Kier alpha value is -0.620. The summed E-state index contributed by atoms with van der Waals surface area (Å²) >= 11 is 0. The number of hydrogen-bond acceptors (Lipinski definition) is 4. The fraction of sp³-hybridized carbons (Fsp3) is 0.400. The standard InChI is InChI=1S/C10H11NO4.Na/c1-5(4-12)8-6-2-3-7(10(14)15)11(6)9(8)13;/h3,6,12H,2,4H2,1H3,(H,14,15);/q;+1/p-1/b8-5+;/t6-;/m1./s1. The van der Waals surface area contributed by atoms with Gasteiger partial charge in [0.25, 0.3) is 5.91 Å². The van der Waals surface area contributed by atoms with E-state index in [1.807, 2.05) is 0 Å². The van der Waals surface area contributed by atoms with Crippen LogP contribution in [0.2, 0.25) is 0 Å². The number of aliphatic hydroxyl groups excluding tert-OH is 1. The number of carbonyl (C=O) groups is 2. The van der Waals surface area contributed by atoms with Crippen LogP contribution in [-0.2, 0) is 9.59 Å². The van der Waals surface area contributed by atoms with E-state index in [4.69, 9.17) is 5.11 Å². The molecule has 0 unspecified atom stereocenters. The molecule has 0 aromatic heterocycles. The number of fused-ring (bicyclic) bond motifs is 1. The van der Waals surface area contributed by atoms with E-state index in [1.54, 1.807) is 6.92 Å². The van der Waals surface area contributed by atoms with E-state index in [1.165, 1.54) is 11.0 Å². The first-order chi connectivity index (χ1) is 7.07. The van der Waals surface area contributed by atoms with Crippen LogP contribution >= 0.6 is 0 Å². The summed E-state index contributed by atoms with van der Waals surface area (Å²) in [5.74, 6) is -1.66. The summed E-state index contributed by atoms with van der Waals surface area (Å²) in [7, 11) is 0. The Kier molecular flexibility index (Phi) is 3.96. The van der Waals surface area contributed by atoms with Crippen molar-refractivity contribution in [3.8, 4) is 0 Å². The summed E-state index contributed by atoms with van der Waals surface area (Å²) < 4.78 is 0. The third kappa shape index (κ3) is 1.73. The maximum atomic E-state index is 11.6. The molecule has 1 N–H and O–H groups in total. The zero-order chi connectivity index (χ0) is 11.2. The topological polar surface area (TPSA) is 80.7 Å². The molecular formula is C10H10NNaO4. The molecule has 6 heteroatoms. The average Bonchev–Trinajstić information content (AvgIpc) is 2.57. The zero-order valence-corrected chi connectivity index (χ0v) is 11.2. The van der Waals surface area contributed by atoms with Gasteiger partial charge in [-0.15, -0.1) is 0 Å². The van der Waals surface area contributed by atoms with Gasteiger partial charge in [-0.05, 0) is 18.9 Å². The van der Waals surface area contributed by atoms with Crippen LogP contribution in [0.1, 0.15) is 13.3 Å². The molecule has 1 saturated heterocycles. The maximum Gasteiger partial charge on any atom is 1.00 e. The van der Waals surface area contributed by atoms with Crippen molar-refractivity contribution >= 4 is 11.9 Å². The largest absolute Gasteiger partial charge is 1.00 e. The molecule has 1 atom stereocenters. The number of rotatable bonds is 2. The van der Waals surface area contributed by atoms with Gasteiger partial charge < -0.3 is 15.0 Å². The quantitative estimate of drug-likeness (QED) is 0.295. The van der Waals surface area contributed by atoms with Crippen LogP contribution in [0.3, 0.4) is 0 Å². The summed E-state index contributed by atoms with van der Waals surface area (Å²) in [5.41, 5.74) is 1.08. The molecule has 1 amide bonds. The van der Waals surface area contributed by atoms with Gasteiger partial charge in [0.05, 0.1) is 24.3 Å². The minimum Gasteiger partial charge on any atom is -0.543 e. The fourth-order valence-corrected chi connectivity index (χ4v) is 2.03. The Morgan fingerprint density at radius 1 is 1.69 bits per heavy atom. The summed E-state index contributed by atoms with van der Waals surface area (Å²) in [5, 5.41) is 19.6. The Labute approximate surface area is 115 Å². The minimum atomic E-state index is -1.33. The molecule has 2 aliphatic rings. The fourth-order valence-electron chi connectivity index (χ4n) is 2.03. The van der Waals surface area contributed by atoms with Crippen molar-refractivity contribution in [3.63, 3.8) is 0 Å². The number of nitrogens with zero attached hydrogens (tertiary/aromatic N) is 1. The van der Waals surface area contributed by atoms with E-state index in [9.17, 15) is 14.7 Å². The predicted octanol–water partition coefficient (Wildman–Crippen LogP) is -4.45. The molecule has 2 heterocycles. The van der Waals surface area contributed by atoms with Crippen LogP contribution in [-0.4, -0.2) is 34.5 Å².